The van der Waals surface area contributed by atoms with E-state index in [1.807, 2.05) is 6.07 Å². The monoisotopic (exact) mass is 898 g/mol. The van der Waals surface area contributed by atoms with Crippen molar-refractivity contribution in [1.29, 1.82) is 0 Å². The van der Waals surface area contributed by atoms with Gasteiger partial charge in [-0.25, -0.2) is 16.8 Å². The highest BCUT2D eigenvalue weighted by Crippen LogP contribution is 2.34. The second-order valence-electron chi connectivity index (χ2n) is 13.1. The van der Waals surface area contributed by atoms with Crippen molar-refractivity contribution in [2.24, 2.45) is 0 Å². The third-order valence-corrected chi connectivity index (χ3v) is 11.5. The van der Waals surface area contributed by atoms with Crippen molar-refractivity contribution < 1.29 is 35.1 Å². The van der Waals surface area contributed by atoms with E-state index in [0.717, 1.165) is 0 Å². The van der Waals surface area contributed by atoms with Gasteiger partial charge in [0.05, 0.1) is 26.3 Å². The molecule has 6 aromatic carbocycles. The molecule has 63 heavy (non-hydrogen) atoms. The highest BCUT2D eigenvalue weighted by atomic mass is 35.7. The van der Waals surface area contributed by atoms with E-state index in [-0.39, 0.29) is 45.3 Å². The van der Waals surface area contributed by atoms with Crippen LogP contribution in [0.25, 0.3) is 44.6 Å². The largest absolute Gasteiger partial charge is 0.481 e. The van der Waals surface area contributed by atoms with E-state index < -0.39 is 19.1 Å². The topological polar surface area (TPSA) is 185 Å². The number of sulfonamides is 1. The van der Waals surface area contributed by atoms with Crippen LogP contribution in [0.15, 0.2) is 186 Å². The van der Waals surface area contributed by atoms with Crippen molar-refractivity contribution in [2.45, 2.75) is 9.79 Å². The summed E-state index contributed by atoms with van der Waals surface area (Å²) in [7, 11) is -2.37. The van der Waals surface area contributed by atoms with Crippen LogP contribution in [0.3, 0.4) is 0 Å². The van der Waals surface area contributed by atoms with Gasteiger partial charge in [-0.1, -0.05) is 72.5 Å². The maximum Gasteiger partial charge on any atom is 0.261 e. The molecule has 0 saturated heterocycles. The molecule has 15 heteroatoms. The van der Waals surface area contributed by atoms with Gasteiger partial charge in [0.25, 0.3) is 19.1 Å². The molecule has 0 aliphatic rings. The minimum Gasteiger partial charge on any atom is -0.481 e. The van der Waals surface area contributed by atoms with E-state index in [0.29, 0.717) is 56.0 Å². The van der Waals surface area contributed by atoms with Crippen molar-refractivity contribution >= 4 is 63.1 Å². The number of hydrogen-bond acceptors (Lipinski definition) is 11. The fraction of sp³-hybridized carbons (Fsp3) is 0.0417. The zero-order valence-corrected chi connectivity index (χ0v) is 35.3. The molecule has 0 aliphatic carbocycles. The number of benzene rings is 6. The Labute approximate surface area is 367 Å². The number of nitrogen functional groups attached to an aromatic ring is 1. The maximum absolute atomic E-state index is 12.9. The average molecular weight is 899 g/mol. The van der Waals surface area contributed by atoms with E-state index in [4.69, 9.17) is 47.6 Å². The lowest BCUT2D eigenvalue weighted by Crippen LogP contribution is -2.14. The van der Waals surface area contributed by atoms with Crippen molar-refractivity contribution in [3.63, 3.8) is 0 Å². The zero-order chi connectivity index (χ0) is 45.0. The molecule has 0 spiro atoms. The van der Waals surface area contributed by atoms with Gasteiger partial charge in [0.15, 0.2) is 10.9 Å². The standard InChI is InChI=1S/C24H17NO5S.C18H13NO3.C6H5ClO2S/c1-2-14-29-17-12-13-21(25-31(27,28)18-8-4-3-5-9-18)20(15-17)24-16-22(26)19-10-6-7-11-23(19)30-24;1-2-9-21-12-7-8-15(19)14(10-12)18-11-16(20)13-5-3-4-6-17(13)22-18;7-10(8,9)6-4-2-1-3-5-6/h1,3-13,15-16,25H,14H2;1,3-8,10-11H,9,19H2;1-5H. The SMILES string of the molecule is C#CCOc1ccc(N)c(-c2cc(=O)c3ccccc3o2)c1.C#CCOc1ccc(NS(=O)(=O)c2ccccc2)c(-c2cc(=O)c3ccccc3o2)c1.O=S(=O)(Cl)c1ccccc1. The van der Waals surface area contributed by atoms with Crippen LogP contribution in [0.2, 0.25) is 0 Å². The lowest BCUT2D eigenvalue weighted by atomic mass is 10.1. The summed E-state index contributed by atoms with van der Waals surface area (Å²) in [5.74, 6) is 6.34. The molecule has 0 fully saturated rings. The summed E-state index contributed by atoms with van der Waals surface area (Å²) in [6, 6.07) is 42.3. The predicted octanol–water partition coefficient (Wildman–Crippen LogP) is 8.94. The van der Waals surface area contributed by atoms with Gasteiger partial charge >= 0.3 is 0 Å². The molecule has 0 unspecified atom stereocenters. The lowest BCUT2D eigenvalue weighted by molar-refractivity contribution is 0.370. The molecular weight excluding hydrogens is 864 g/mol. The Morgan fingerprint density at radius 3 is 1.51 bits per heavy atom. The summed E-state index contributed by atoms with van der Waals surface area (Å²) in [5, 5.41) is 0.960. The second-order valence-corrected chi connectivity index (χ2v) is 17.3. The predicted molar refractivity (Wildman–Crippen MR) is 246 cm³/mol. The van der Waals surface area contributed by atoms with Gasteiger partial charge in [-0.15, -0.1) is 12.8 Å². The Bertz CT molecular complexity index is 3340. The number of hydrogen-bond donors (Lipinski definition) is 2. The highest BCUT2D eigenvalue weighted by molar-refractivity contribution is 8.13. The number of fused-ring (bicyclic) bond motifs is 2. The summed E-state index contributed by atoms with van der Waals surface area (Å²) in [6.45, 7) is 0.196. The first kappa shape index (κ1) is 44.8. The van der Waals surface area contributed by atoms with Gasteiger partial charge in [0.2, 0.25) is 0 Å². The lowest BCUT2D eigenvalue weighted by Gasteiger charge is -2.14. The molecule has 2 heterocycles. The fourth-order valence-corrected chi connectivity index (χ4v) is 7.75. The van der Waals surface area contributed by atoms with Gasteiger partial charge in [-0.05, 0) is 84.9 Å². The number of anilines is 2. The number of nitrogens with two attached hydrogens (primary N) is 1. The van der Waals surface area contributed by atoms with E-state index in [2.05, 4.69) is 16.6 Å². The summed E-state index contributed by atoms with van der Waals surface area (Å²) >= 11 is 0. The Kier molecular flexibility index (Phi) is 14.4. The minimum atomic E-state index is -3.87. The highest BCUT2D eigenvalue weighted by Gasteiger charge is 2.19. The third kappa shape index (κ3) is 11.5. The molecule has 0 atom stereocenters. The molecule has 8 aromatic rings. The van der Waals surface area contributed by atoms with Crippen LogP contribution in [-0.2, 0) is 19.1 Å². The van der Waals surface area contributed by atoms with Crippen LogP contribution >= 0.6 is 10.7 Å². The first-order valence-corrected chi connectivity index (χ1v) is 22.4. The molecule has 0 saturated carbocycles. The minimum absolute atomic E-state index is 0.0379. The summed E-state index contributed by atoms with van der Waals surface area (Å²) in [4.78, 5) is 25.0. The van der Waals surface area contributed by atoms with E-state index >= 15 is 0 Å². The van der Waals surface area contributed by atoms with Gasteiger partial charge in [0, 0.05) is 39.6 Å². The van der Waals surface area contributed by atoms with Gasteiger partial charge in [-0.2, -0.15) is 0 Å². The number of rotatable bonds is 10. The van der Waals surface area contributed by atoms with Crippen molar-refractivity contribution in [1.82, 2.24) is 0 Å². The second kappa shape index (κ2) is 20.2. The summed E-state index contributed by atoms with van der Waals surface area (Å²) < 4.78 is 72.0. The van der Waals surface area contributed by atoms with Gasteiger partial charge in [0.1, 0.15) is 47.4 Å². The average Bonchev–Trinajstić information content (AvgIpc) is 3.29. The van der Waals surface area contributed by atoms with Crippen LogP contribution in [-0.4, -0.2) is 30.0 Å². The molecule has 12 nitrogen and oxygen atoms in total. The van der Waals surface area contributed by atoms with Gasteiger partial charge < -0.3 is 24.0 Å². The molecule has 316 valence electrons. The first-order chi connectivity index (χ1) is 30.3. The third-order valence-electron chi connectivity index (χ3n) is 8.78. The number of para-hydroxylation sites is 2. The molecule has 0 radical (unpaired) electrons. The molecule has 3 N–H and O–H groups in total. The summed E-state index contributed by atoms with van der Waals surface area (Å²) in [5.41, 5.74) is 8.18. The number of terminal acetylenes is 2. The Hall–Kier alpha value is -7.75. The quantitative estimate of drug-likeness (QED) is 0.0759. The van der Waals surface area contributed by atoms with Crippen molar-refractivity contribution in [3.05, 3.63) is 178 Å². The Morgan fingerprint density at radius 2 is 1.02 bits per heavy atom. The molecular formula is C48H35ClN2O10S2. The number of nitrogens with one attached hydrogen (secondary N) is 1. The zero-order valence-electron chi connectivity index (χ0n) is 32.9. The normalized spacial score (nSPS) is 10.8. The van der Waals surface area contributed by atoms with E-state index in [1.54, 1.807) is 109 Å². The van der Waals surface area contributed by atoms with Crippen LogP contribution in [0.4, 0.5) is 11.4 Å². The van der Waals surface area contributed by atoms with E-state index in [1.165, 1.54) is 42.5 Å². The molecule has 0 aliphatic heterocycles. The molecule has 2 aromatic heterocycles. The molecule has 8 rings (SSSR count). The molecule has 0 bridgehead atoms. The smallest absolute Gasteiger partial charge is 0.261 e. The number of halogens is 1. The van der Waals surface area contributed by atoms with Crippen LogP contribution in [0.5, 0.6) is 11.5 Å². The Morgan fingerprint density at radius 1 is 0.571 bits per heavy atom. The van der Waals surface area contributed by atoms with E-state index in [9.17, 15) is 26.4 Å². The Balaban J connectivity index is 0.000000178. The number of ether oxygens (including phenoxy) is 2. The van der Waals surface area contributed by atoms with Crippen molar-refractivity contribution in [2.75, 3.05) is 23.7 Å². The van der Waals surface area contributed by atoms with Crippen LogP contribution in [0, 0.1) is 24.7 Å². The van der Waals surface area contributed by atoms with Crippen molar-refractivity contribution in [3.8, 4) is 58.8 Å². The fourth-order valence-electron chi connectivity index (χ4n) is 5.85. The maximum atomic E-state index is 12.9. The van der Waals surface area contributed by atoms with Crippen LogP contribution in [0.1, 0.15) is 0 Å². The van der Waals surface area contributed by atoms with Crippen LogP contribution < -0.4 is 30.8 Å². The first-order valence-electron chi connectivity index (χ1n) is 18.6. The molecule has 0 amide bonds. The summed E-state index contributed by atoms with van der Waals surface area (Å²) in [6.07, 6.45) is 10.4. The van der Waals surface area contributed by atoms with Gasteiger partial charge in [-0.3, -0.25) is 14.3 Å².